The quantitative estimate of drug-likeness (QED) is 0.698. The summed E-state index contributed by atoms with van der Waals surface area (Å²) in [5, 5.41) is 7.02. The summed E-state index contributed by atoms with van der Waals surface area (Å²) < 4.78 is 0. The van der Waals surface area contributed by atoms with E-state index in [4.69, 9.17) is 0 Å². The maximum Gasteiger partial charge on any atom is 0.267 e. The third kappa shape index (κ3) is 3.81. The van der Waals surface area contributed by atoms with Crippen molar-refractivity contribution < 1.29 is 4.79 Å². The summed E-state index contributed by atoms with van der Waals surface area (Å²) >= 11 is 1.38. The van der Waals surface area contributed by atoms with E-state index in [2.05, 4.69) is 34.7 Å². The molecule has 0 saturated carbocycles. The highest BCUT2D eigenvalue weighted by molar-refractivity contribution is 7.17. The van der Waals surface area contributed by atoms with E-state index in [0.29, 0.717) is 4.88 Å². The largest absolute Gasteiger partial charge is 0.355 e. The topological polar surface area (TPSA) is 54.0 Å². The number of aryl methyl sites for hydroxylation is 1. The van der Waals surface area contributed by atoms with Gasteiger partial charge in [0.25, 0.3) is 5.91 Å². The number of aromatic nitrogens is 1. The van der Waals surface area contributed by atoms with Crippen molar-refractivity contribution in [3.63, 3.8) is 0 Å². The van der Waals surface area contributed by atoms with Crippen LogP contribution in [0.2, 0.25) is 0 Å². The van der Waals surface area contributed by atoms with Crippen molar-refractivity contribution in [1.82, 2.24) is 4.98 Å². The van der Waals surface area contributed by atoms with Crippen LogP contribution in [-0.2, 0) is 0 Å². The molecule has 1 amide bonds. The van der Waals surface area contributed by atoms with Crippen molar-refractivity contribution in [1.29, 1.82) is 0 Å². The molecule has 1 unspecified atom stereocenters. The predicted molar refractivity (Wildman–Crippen MR) is 99.7 cm³/mol. The van der Waals surface area contributed by atoms with Gasteiger partial charge in [0.05, 0.1) is 11.7 Å². The van der Waals surface area contributed by atoms with Crippen LogP contribution < -0.4 is 10.6 Å². The Morgan fingerprint density at radius 1 is 1.04 bits per heavy atom. The van der Waals surface area contributed by atoms with Crippen LogP contribution in [0.25, 0.3) is 0 Å². The van der Waals surface area contributed by atoms with E-state index in [-0.39, 0.29) is 11.9 Å². The molecular weight excluding hydrogens is 318 g/mol. The van der Waals surface area contributed by atoms with Gasteiger partial charge in [0.2, 0.25) is 0 Å². The Morgan fingerprint density at radius 2 is 1.67 bits per heavy atom. The van der Waals surface area contributed by atoms with Gasteiger partial charge in [-0.1, -0.05) is 59.9 Å². The first-order chi connectivity index (χ1) is 11.6. The fourth-order valence-corrected chi connectivity index (χ4v) is 3.34. The molecule has 0 fully saturated rings. The summed E-state index contributed by atoms with van der Waals surface area (Å²) in [4.78, 5) is 17.5. The van der Waals surface area contributed by atoms with E-state index >= 15 is 0 Å². The van der Waals surface area contributed by atoms with Crippen molar-refractivity contribution in [3.05, 3.63) is 76.8 Å². The van der Waals surface area contributed by atoms with E-state index in [1.807, 2.05) is 55.5 Å². The molecule has 0 aliphatic rings. The minimum atomic E-state index is -0.128. The molecule has 24 heavy (non-hydrogen) atoms. The molecule has 1 aromatic heterocycles. The van der Waals surface area contributed by atoms with E-state index < -0.39 is 0 Å². The molecule has 2 N–H and O–H groups in total. The molecule has 0 aliphatic carbocycles. The normalized spacial score (nSPS) is 11.8. The number of thiazole rings is 1. The highest BCUT2D eigenvalue weighted by Crippen LogP contribution is 2.27. The first-order valence-corrected chi connectivity index (χ1v) is 8.60. The maximum absolute atomic E-state index is 12.4. The molecule has 122 valence electrons. The van der Waals surface area contributed by atoms with Gasteiger partial charge in [-0.15, -0.1) is 0 Å². The second-order valence-corrected chi connectivity index (χ2v) is 6.53. The SMILES string of the molecule is Cc1nc(NC(C)c2ccccc2)sc1C(=O)Nc1ccccc1. The summed E-state index contributed by atoms with van der Waals surface area (Å²) in [6.45, 7) is 3.94. The lowest BCUT2D eigenvalue weighted by Crippen LogP contribution is -2.11. The molecule has 5 heteroatoms. The van der Waals surface area contributed by atoms with Crippen LogP contribution in [-0.4, -0.2) is 10.9 Å². The van der Waals surface area contributed by atoms with Crippen LogP contribution in [0.15, 0.2) is 60.7 Å². The molecule has 3 aromatic rings. The number of hydrogen-bond acceptors (Lipinski definition) is 4. The minimum Gasteiger partial charge on any atom is -0.355 e. The number of amides is 1. The predicted octanol–water partition coefficient (Wildman–Crippen LogP) is 4.88. The monoisotopic (exact) mass is 337 g/mol. The Labute approximate surface area is 145 Å². The van der Waals surface area contributed by atoms with Crippen LogP contribution in [0.1, 0.15) is 33.9 Å². The average Bonchev–Trinajstić information content (AvgIpc) is 2.97. The Bertz CT molecular complexity index is 815. The zero-order chi connectivity index (χ0) is 16.9. The zero-order valence-electron chi connectivity index (χ0n) is 13.6. The van der Waals surface area contributed by atoms with Crippen LogP contribution in [0.3, 0.4) is 0 Å². The first-order valence-electron chi connectivity index (χ1n) is 7.79. The number of hydrogen-bond donors (Lipinski definition) is 2. The molecule has 0 aliphatic heterocycles. The molecule has 0 bridgehead atoms. The van der Waals surface area contributed by atoms with Gasteiger partial charge in [0.1, 0.15) is 4.88 Å². The first kappa shape index (κ1) is 16.2. The second kappa shape index (κ2) is 7.27. The highest BCUT2D eigenvalue weighted by atomic mass is 32.1. The van der Waals surface area contributed by atoms with Gasteiger partial charge in [0.15, 0.2) is 5.13 Å². The fourth-order valence-electron chi connectivity index (χ4n) is 2.39. The third-order valence-electron chi connectivity index (χ3n) is 3.67. The van der Waals surface area contributed by atoms with Crippen molar-refractivity contribution >= 4 is 28.1 Å². The van der Waals surface area contributed by atoms with Crippen molar-refractivity contribution in [2.24, 2.45) is 0 Å². The number of rotatable bonds is 5. The van der Waals surface area contributed by atoms with Gasteiger partial charge in [-0.25, -0.2) is 4.98 Å². The average molecular weight is 337 g/mol. The molecule has 1 atom stereocenters. The number of nitrogens with zero attached hydrogens (tertiary/aromatic N) is 1. The lowest BCUT2D eigenvalue weighted by Gasteiger charge is -2.12. The molecule has 0 saturated heterocycles. The number of para-hydroxylation sites is 1. The lowest BCUT2D eigenvalue weighted by molar-refractivity contribution is 0.103. The maximum atomic E-state index is 12.4. The fraction of sp³-hybridized carbons (Fsp3) is 0.158. The number of anilines is 2. The summed E-state index contributed by atoms with van der Waals surface area (Å²) in [7, 11) is 0. The summed E-state index contributed by atoms with van der Waals surface area (Å²) in [5.74, 6) is -0.128. The molecule has 3 rings (SSSR count). The van der Waals surface area contributed by atoms with Crippen LogP contribution in [0.5, 0.6) is 0 Å². The van der Waals surface area contributed by atoms with Gasteiger partial charge in [0, 0.05) is 5.69 Å². The Kier molecular flexibility index (Phi) is 4.91. The lowest BCUT2D eigenvalue weighted by atomic mass is 10.1. The van der Waals surface area contributed by atoms with Crippen LogP contribution in [0, 0.1) is 6.92 Å². The van der Waals surface area contributed by atoms with Crippen molar-refractivity contribution in [2.75, 3.05) is 10.6 Å². The Hall–Kier alpha value is -2.66. The zero-order valence-corrected chi connectivity index (χ0v) is 14.4. The second-order valence-electron chi connectivity index (χ2n) is 5.53. The van der Waals surface area contributed by atoms with E-state index in [1.54, 1.807) is 0 Å². The molecule has 1 heterocycles. The molecule has 0 radical (unpaired) electrons. The number of carbonyl (C=O) groups excluding carboxylic acids is 1. The van der Waals surface area contributed by atoms with E-state index in [1.165, 1.54) is 16.9 Å². The summed E-state index contributed by atoms with van der Waals surface area (Å²) in [6.07, 6.45) is 0. The van der Waals surface area contributed by atoms with Gasteiger partial charge in [-0.2, -0.15) is 0 Å². The summed E-state index contributed by atoms with van der Waals surface area (Å²) in [6, 6.07) is 19.7. The number of nitrogens with one attached hydrogen (secondary N) is 2. The van der Waals surface area contributed by atoms with Crippen LogP contribution in [0.4, 0.5) is 10.8 Å². The number of benzene rings is 2. The van der Waals surface area contributed by atoms with Crippen LogP contribution >= 0.6 is 11.3 Å². The van der Waals surface area contributed by atoms with Crippen molar-refractivity contribution in [2.45, 2.75) is 19.9 Å². The minimum absolute atomic E-state index is 0.127. The van der Waals surface area contributed by atoms with Gasteiger partial charge in [-0.05, 0) is 31.5 Å². The molecular formula is C19H19N3OS. The van der Waals surface area contributed by atoms with Crippen molar-refractivity contribution in [3.8, 4) is 0 Å². The third-order valence-corrected chi connectivity index (χ3v) is 4.76. The van der Waals surface area contributed by atoms with Gasteiger partial charge < -0.3 is 10.6 Å². The van der Waals surface area contributed by atoms with E-state index in [0.717, 1.165) is 16.5 Å². The molecule has 4 nitrogen and oxygen atoms in total. The molecule has 2 aromatic carbocycles. The standard InChI is InChI=1S/C19H19N3OS/c1-13(15-9-5-3-6-10-15)20-19-21-14(2)17(24-19)18(23)22-16-11-7-4-8-12-16/h3-13H,1-2H3,(H,20,21)(H,22,23). The highest BCUT2D eigenvalue weighted by Gasteiger charge is 2.16. The van der Waals surface area contributed by atoms with Gasteiger partial charge >= 0.3 is 0 Å². The smallest absolute Gasteiger partial charge is 0.267 e. The van der Waals surface area contributed by atoms with Gasteiger partial charge in [-0.3, -0.25) is 4.79 Å². The Balaban J connectivity index is 1.72. The molecule has 0 spiro atoms. The number of carbonyl (C=O) groups is 1. The van der Waals surface area contributed by atoms with E-state index in [9.17, 15) is 4.79 Å². The Morgan fingerprint density at radius 3 is 2.33 bits per heavy atom. The summed E-state index contributed by atoms with van der Waals surface area (Å²) in [5.41, 5.74) is 2.69.